The fraction of sp³-hybridized carbons (Fsp3) is 0.0455. The van der Waals surface area contributed by atoms with Gasteiger partial charge in [-0.25, -0.2) is 4.98 Å². The van der Waals surface area contributed by atoms with Gasteiger partial charge in [-0.05, 0) is 42.5 Å². The molecule has 0 aliphatic rings. The summed E-state index contributed by atoms with van der Waals surface area (Å²) in [5.74, 6) is -0.378. The molecular formula is C22H16N4O4S2. The maximum atomic E-state index is 12.3. The monoisotopic (exact) mass is 464 g/mol. The lowest BCUT2D eigenvalue weighted by molar-refractivity contribution is -0.384. The molecule has 4 aromatic rings. The maximum Gasteiger partial charge on any atom is 0.270 e. The standard InChI is InChI=1S/C22H16N4O4S2/c27-20(25-22-24-18-6-1-2-7-19(18)32-22)13-31-17-10-8-15(9-11-17)23-21(28)14-4-3-5-16(12-14)26(29)30/h1-12H,13H2,(H,23,28)(H,24,25,27). The van der Waals surface area contributed by atoms with Gasteiger partial charge in [0.2, 0.25) is 5.91 Å². The Balaban J connectivity index is 1.30. The van der Waals surface area contributed by atoms with Gasteiger partial charge >= 0.3 is 0 Å². The minimum Gasteiger partial charge on any atom is -0.322 e. The van der Waals surface area contributed by atoms with E-state index in [4.69, 9.17) is 0 Å². The van der Waals surface area contributed by atoms with E-state index in [2.05, 4.69) is 15.6 Å². The molecule has 0 spiro atoms. The number of thioether (sulfide) groups is 1. The average Bonchev–Trinajstić information content (AvgIpc) is 3.21. The summed E-state index contributed by atoms with van der Waals surface area (Å²) in [4.78, 5) is 40.1. The number of para-hydroxylation sites is 1. The second-order valence-electron chi connectivity index (χ2n) is 6.61. The van der Waals surface area contributed by atoms with Gasteiger partial charge in [0, 0.05) is 28.3 Å². The summed E-state index contributed by atoms with van der Waals surface area (Å²) in [7, 11) is 0. The second-order valence-corrected chi connectivity index (χ2v) is 8.69. The molecule has 1 heterocycles. The number of benzene rings is 3. The van der Waals surface area contributed by atoms with Crippen molar-refractivity contribution in [3.63, 3.8) is 0 Å². The third kappa shape index (κ3) is 5.29. The molecule has 3 aromatic carbocycles. The summed E-state index contributed by atoms with van der Waals surface area (Å²) in [5, 5.41) is 16.9. The summed E-state index contributed by atoms with van der Waals surface area (Å²) < 4.78 is 1.01. The van der Waals surface area contributed by atoms with Crippen molar-refractivity contribution in [1.82, 2.24) is 4.98 Å². The highest BCUT2D eigenvalue weighted by molar-refractivity contribution is 8.00. The Morgan fingerprint density at radius 2 is 1.78 bits per heavy atom. The molecule has 0 radical (unpaired) electrons. The van der Waals surface area contributed by atoms with Crippen LogP contribution in [0.3, 0.4) is 0 Å². The number of aromatic nitrogens is 1. The van der Waals surface area contributed by atoms with E-state index in [0.717, 1.165) is 15.1 Å². The van der Waals surface area contributed by atoms with Crippen LogP contribution in [0.1, 0.15) is 10.4 Å². The maximum absolute atomic E-state index is 12.3. The van der Waals surface area contributed by atoms with Crippen molar-refractivity contribution < 1.29 is 14.5 Å². The lowest BCUT2D eigenvalue weighted by atomic mass is 10.2. The molecule has 10 heteroatoms. The van der Waals surface area contributed by atoms with Gasteiger partial charge in [-0.1, -0.05) is 29.5 Å². The minimum atomic E-state index is -0.546. The van der Waals surface area contributed by atoms with Crippen LogP contribution in [0.5, 0.6) is 0 Å². The molecule has 0 aliphatic heterocycles. The summed E-state index contributed by atoms with van der Waals surface area (Å²) in [6, 6.07) is 20.2. The molecular weight excluding hydrogens is 448 g/mol. The number of nitrogens with one attached hydrogen (secondary N) is 2. The number of hydrogen-bond donors (Lipinski definition) is 2. The first-order chi connectivity index (χ1) is 15.5. The topological polar surface area (TPSA) is 114 Å². The summed E-state index contributed by atoms with van der Waals surface area (Å²) in [6.45, 7) is 0. The van der Waals surface area contributed by atoms with E-state index in [9.17, 15) is 19.7 Å². The van der Waals surface area contributed by atoms with Crippen molar-refractivity contribution in [2.24, 2.45) is 0 Å². The lowest BCUT2D eigenvalue weighted by Gasteiger charge is -2.07. The van der Waals surface area contributed by atoms with Crippen LogP contribution in [0.2, 0.25) is 0 Å². The first-order valence-corrected chi connectivity index (χ1v) is 11.2. The van der Waals surface area contributed by atoms with Crippen LogP contribution in [0.4, 0.5) is 16.5 Å². The molecule has 4 rings (SSSR count). The Hall–Kier alpha value is -3.76. The van der Waals surface area contributed by atoms with Gasteiger partial charge < -0.3 is 10.6 Å². The summed E-state index contributed by atoms with van der Waals surface area (Å²) >= 11 is 2.79. The van der Waals surface area contributed by atoms with Crippen molar-refractivity contribution in [2.75, 3.05) is 16.4 Å². The quantitative estimate of drug-likeness (QED) is 0.221. The Kier molecular flexibility index (Phi) is 6.43. The van der Waals surface area contributed by atoms with E-state index in [1.54, 1.807) is 24.3 Å². The fourth-order valence-corrected chi connectivity index (χ4v) is 4.41. The minimum absolute atomic E-state index is 0.145. The number of non-ortho nitro benzene ring substituents is 1. The predicted octanol–water partition coefficient (Wildman–Crippen LogP) is 5.19. The fourth-order valence-electron chi connectivity index (χ4n) is 2.83. The van der Waals surface area contributed by atoms with Gasteiger partial charge in [-0.3, -0.25) is 19.7 Å². The number of rotatable bonds is 7. The van der Waals surface area contributed by atoms with Gasteiger partial charge in [-0.15, -0.1) is 11.8 Å². The second kappa shape index (κ2) is 9.58. The molecule has 0 fully saturated rings. The smallest absolute Gasteiger partial charge is 0.270 e. The number of nitro groups is 1. The number of thiazole rings is 1. The van der Waals surface area contributed by atoms with Gasteiger partial charge in [0.1, 0.15) is 0 Å². The Bertz CT molecular complexity index is 1270. The van der Waals surface area contributed by atoms with Crippen molar-refractivity contribution in [3.05, 3.63) is 88.5 Å². The zero-order chi connectivity index (χ0) is 22.5. The van der Waals surface area contributed by atoms with Crippen LogP contribution in [-0.2, 0) is 4.79 Å². The summed E-state index contributed by atoms with van der Waals surface area (Å²) in [5.41, 5.74) is 1.45. The number of nitrogens with zero attached hydrogens (tertiary/aromatic N) is 2. The first-order valence-electron chi connectivity index (χ1n) is 9.42. The molecule has 0 saturated carbocycles. The van der Waals surface area contributed by atoms with Crippen LogP contribution in [-0.4, -0.2) is 27.5 Å². The van der Waals surface area contributed by atoms with Crippen LogP contribution < -0.4 is 10.6 Å². The third-order valence-corrected chi connectivity index (χ3v) is 6.31. The SMILES string of the molecule is O=C(CSc1ccc(NC(=O)c2cccc([N+](=O)[O-])c2)cc1)Nc1nc2ccccc2s1. The molecule has 0 bridgehead atoms. The van der Waals surface area contributed by atoms with E-state index in [1.807, 2.05) is 24.3 Å². The van der Waals surface area contributed by atoms with E-state index < -0.39 is 10.8 Å². The lowest BCUT2D eigenvalue weighted by Crippen LogP contribution is -2.13. The molecule has 8 nitrogen and oxygen atoms in total. The molecule has 160 valence electrons. The highest BCUT2D eigenvalue weighted by atomic mass is 32.2. The third-order valence-electron chi connectivity index (χ3n) is 4.34. The number of anilines is 2. The van der Waals surface area contributed by atoms with Gasteiger partial charge in [0.15, 0.2) is 5.13 Å². The Morgan fingerprint density at radius 3 is 2.53 bits per heavy atom. The summed E-state index contributed by atoms with van der Waals surface area (Å²) in [6.07, 6.45) is 0. The zero-order valence-corrected chi connectivity index (χ0v) is 18.1. The zero-order valence-electron chi connectivity index (χ0n) is 16.5. The molecule has 0 unspecified atom stereocenters. The van der Waals surface area contributed by atoms with E-state index in [-0.39, 0.29) is 22.9 Å². The van der Waals surface area contributed by atoms with Crippen LogP contribution in [0.15, 0.2) is 77.7 Å². The molecule has 32 heavy (non-hydrogen) atoms. The molecule has 0 aliphatic carbocycles. The Morgan fingerprint density at radius 1 is 1.00 bits per heavy atom. The highest BCUT2D eigenvalue weighted by Gasteiger charge is 2.12. The number of fused-ring (bicyclic) bond motifs is 1. The number of carbonyl (C=O) groups excluding carboxylic acids is 2. The number of amides is 2. The van der Waals surface area contributed by atoms with Gasteiger partial charge in [-0.2, -0.15) is 0 Å². The van der Waals surface area contributed by atoms with Crippen LogP contribution >= 0.6 is 23.1 Å². The van der Waals surface area contributed by atoms with Gasteiger partial charge in [0.25, 0.3) is 11.6 Å². The van der Waals surface area contributed by atoms with Crippen LogP contribution in [0, 0.1) is 10.1 Å². The van der Waals surface area contributed by atoms with E-state index in [0.29, 0.717) is 10.8 Å². The van der Waals surface area contributed by atoms with Crippen molar-refractivity contribution >= 4 is 61.6 Å². The van der Waals surface area contributed by atoms with Crippen LogP contribution in [0.25, 0.3) is 10.2 Å². The number of hydrogen-bond acceptors (Lipinski definition) is 7. The van der Waals surface area contributed by atoms with E-state index >= 15 is 0 Å². The molecule has 0 saturated heterocycles. The van der Waals surface area contributed by atoms with Crippen molar-refractivity contribution in [1.29, 1.82) is 0 Å². The van der Waals surface area contributed by atoms with Gasteiger partial charge in [0.05, 0.1) is 20.9 Å². The number of carbonyl (C=O) groups is 2. The Labute approximate surface area is 190 Å². The predicted molar refractivity (Wildman–Crippen MR) is 126 cm³/mol. The normalized spacial score (nSPS) is 10.6. The highest BCUT2D eigenvalue weighted by Crippen LogP contribution is 2.26. The van der Waals surface area contributed by atoms with E-state index in [1.165, 1.54) is 47.4 Å². The van der Waals surface area contributed by atoms with Crippen molar-refractivity contribution in [2.45, 2.75) is 4.90 Å². The first kappa shape index (κ1) is 21.5. The molecule has 2 amide bonds. The number of nitro benzene ring substituents is 1. The molecule has 2 N–H and O–H groups in total. The molecule has 1 aromatic heterocycles. The molecule has 0 atom stereocenters. The average molecular weight is 465 g/mol. The van der Waals surface area contributed by atoms with Crippen molar-refractivity contribution in [3.8, 4) is 0 Å². The largest absolute Gasteiger partial charge is 0.322 e.